The number of methoxy groups -OCH3 is 1. The molecule has 0 unspecified atom stereocenters. The summed E-state index contributed by atoms with van der Waals surface area (Å²) in [4.78, 5) is 31.8. The number of piperazine rings is 1. The number of carbonyl (C=O) groups is 2. The third kappa shape index (κ3) is 3.05. The van der Waals surface area contributed by atoms with Gasteiger partial charge in [-0.3, -0.25) is 14.7 Å². The molecule has 0 radical (unpaired) electrons. The number of esters is 1. The van der Waals surface area contributed by atoms with E-state index in [1.807, 2.05) is 20.9 Å². The van der Waals surface area contributed by atoms with Crippen LogP contribution in [0.2, 0.25) is 0 Å². The Morgan fingerprint density at radius 1 is 1.38 bits per heavy atom. The molecule has 21 heavy (non-hydrogen) atoms. The van der Waals surface area contributed by atoms with Crippen LogP contribution in [0.1, 0.15) is 29.9 Å². The summed E-state index contributed by atoms with van der Waals surface area (Å²) in [5.41, 5.74) is 0.707. The summed E-state index contributed by atoms with van der Waals surface area (Å²) in [6, 6.07) is 3.49. The number of ether oxygens (including phenoxy) is 1. The Labute approximate surface area is 124 Å². The van der Waals surface area contributed by atoms with E-state index in [1.165, 1.54) is 13.3 Å². The molecule has 1 aromatic heterocycles. The first-order valence-electron chi connectivity index (χ1n) is 6.90. The zero-order valence-corrected chi connectivity index (χ0v) is 12.9. The van der Waals surface area contributed by atoms with Crippen molar-refractivity contribution in [2.24, 2.45) is 0 Å². The fourth-order valence-corrected chi connectivity index (χ4v) is 2.48. The lowest BCUT2D eigenvalue weighted by molar-refractivity contribution is -0.147. The fraction of sp³-hybridized carbons (Fsp3) is 0.533. The molecule has 0 N–H and O–H groups in total. The maximum absolute atomic E-state index is 12.2. The minimum atomic E-state index is -0.546. The van der Waals surface area contributed by atoms with Crippen LogP contribution in [0, 0.1) is 0 Å². The predicted molar refractivity (Wildman–Crippen MR) is 77.7 cm³/mol. The molecule has 0 aromatic carbocycles. The van der Waals surface area contributed by atoms with E-state index in [-0.39, 0.29) is 5.91 Å². The summed E-state index contributed by atoms with van der Waals surface area (Å²) in [5.74, 6) is -0.288. The highest BCUT2D eigenvalue weighted by Crippen LogP contribution is 2.23. The van der Waals surface area contributed by atoms with Gasteiger partial charge in [-0.05, 0) is 26.0 Å². The third-order valence-electron chi connectivity index (χ3n) is 3.96. The topological polar surface area (TPSA) is 62.7 Å². The van der Waals surface area contributed by atoms with Crippen molar-refractivity contribution >= 4 is 11.9 Å². The van der Waals surface area contributed by atoms with Gasteiger partial charge in [0.1, 0.15) is 0 Å². The molecular formula is C15H21N3O3. The quantitative estimate of drug-likeness (QED) is 0.775. The van der Waals surface area contributed by atoms with Gasteiger partial charge in [0.15, 0.2) is 0 Å². The van der Waals surface area contributed by atoms with Crippen molar-refractivity contribution in [3.63, 3.8) is 0 Å². The van der Waals surface area contributed by atoms with Crippen molar-refractivity contribution in [3.8, 4) is 0 Å². The van der Waals surface area contributed by atoms with Crippen LogP contribution in [0.5, 0.6) is 0 Å². The molecule has 0 atom stereocenters. The Morgan fingerprint density at radius 3 is 2.67 bits per heavy atom. The Bertz CT molecular complexity index is 540. The molecule has 0 saturated carbocycles. The Balaban J connectivity index is 2.11. The van der Waals surface area contributed by atoms with Gasteiger partial charge in [-0.1, -0.05) is 0 Å². The molecule has 1 aliphatic rings. The standard InChI is InChI=1S/C15H21N3O3/c1-15(2)14(20)17(3)7-8-18(15)10-12-6-5-11(9-16-12)13(19)21-4/h5-6,9H,7-8,10H2,1-4H3. The molecule has 114 valence electrons. The van der Waals surface area contributed by atoms with Crippen molar-refractivity contribution < 1.29 is 14.3 Å². The molecule has 1 aliphatic heterocycles. The van der Waals surface area contributed by atoms with Crippen LogP contribution < -0.4 is 0 Å². The van der Waals surface area contributed by atoms with E-state index in [4.69, 9.17) is 0 Å². The molecular weight excluding hydrogens is 270 g/mol. The molecule has 1 saturated heterocycles. The second kappa shape index (κ2) is 5.81. The Hall–Kier alpha value is -1.95. The normalized spacial score (nSPS) is 18.7. The van der Waals surface area contributed by atoms with Gasteiger partial charge in [0.05, 0.1) is 23.9 Å². The van der Waals surface area contributed by atoms with E-state index in [9.17, 15) is 9.59 Å². The van der Waals surface area contributed by atoms with Crippen LogP contribution in [0.15, 0.2) is 18.3 Å². The van der Waals surface area contributed by atoms with Crippen molar-refractivity contribution in [1.29, 1.82) is 0 Å². The number of carbonyl (C=O) groups excluding carboxylic acids is 2. The summed E-state index contributed by atoms with van der Waals surface area (Å²) in [7, 11) is 3.17. The van der Waals surface area contributed by atoms with E-state index < -0.39 is 11.5 Å². The Kier molecular flexibility index (Phi) is 4.27. The number of amides is 1. The smallest absolute Gasteiger partial charge is 0.339 e. The summed E-state index contributed by atoms with van der Waals surface area (Å²) < 4.78 is 4.65. The molecule has 6 heteroatoms. The number of aromatic nitrogens is 1. The first kappa shape index (κ1) is 15.4. The summed E-state index contributed by atoms with van der Waals surface area (Å²) >= 11 is 0. The van der Waals surface area contributed by atoms with Crippen molar-refractivity contribution in [1.82, 2.24) is 14.8 Å². The molecule has 2 rings (SSSR count). The SMILES string of the molecule is COC(=O)c1ccc(CN2CCN(C)C(=O)C2(C)C)nc1. The summed E-state index contributed by atoms with van der Waals surface area (Å²) in [6.45, 7) is 5.94. The summed E-state index contributed by atoms with van der Waals surface area (Å²) in [5, 5.41) is 0. The van der Waals surface area contributed by atoms with Gasteiger partial charge in [0.25, 0.3) is 0 Å². The van der Waals surface area contributed by atoms with Crippen LogP contribution in [0.4, 0.5) is 0 Å². The number of nitrogens with zero attached hydrogens (tertiary/aromatic N) is 3. The zero-order valence-electron chi connectivity index (χ0n) is 12.9. The monoisotopic (exact) mass is 291 g/mol. The first-order chi connectivity index (χ1) is 9.86. The number of pyridine rings is 1. The largest absolute Gasteiger partial charge is 0.465 e. The van der Waals surface area contributed by atoms with Gasteiger partial charge >= 0.3 is 5.97 Å². The molecule has 0 spiro atoms. The van der Waals surface area contributed by atoms with Crippen LogP contribution >= 0.6 is 0 Å². The second-order valence-corrected chi connectivity index (χ2v) is 5.74. The lowest BCUT2D eigenvalue weighted by atomic mass is 9.97. The second-order valence-electron chi connectivity index (χ2n) is 5.74. The number of hydrogen-bond donors (Lipinski definition) is 0. The first-order valence-corrected chi connectivity index (χ1v) is 6.90. The third-order valence-corrected chi connectivity index (χ3v) is 3.96. The summed E-state index contributed by atoms with van der Waals surface area (Å²) in [6.07, 6.45) is 1.51. The minimum absolute atomic E-state index is 0.111. The zero-order chi connectivity index (χ0) is 15.6. The van der Waals surface area contributed by atoms with Gasteiger partial charge in [0.2, 0.25) is 5.91 Å². The van der Waals surface area contributed by atoms with Crippen LogP contribution in [-0.4, -0.2) is 59.4 Å². The van der Waals surface area contributed by atoms with Crippen LogP contribution in [-0.2, 0) is 16.1 Å². The van der Waals surface area contributed by atoms with Gasteiger partial charge in [0, 0.05) is 32.9 Å². The van der Waals surface area contributed by atoms with Gasteiger partial charge in [-0.2, -0.15) is 0 Å². The molecule has 0 bridgehead atoms. The fourth-order valence-electron chi connectivity index (χ4n) is 2.48. The van der Waals surface area contributed by atoms with E-state index in [2.05, 4.69) is 14.6 Å². The van der Waals surface area contributed by atoms with E-state index in [1.54, 1.807) is 17.0 Å². The van der Waals surface area contributed by atoms with Gasteiger partial charge < -0.3 is 9.64 Å². The molecule has 1 amide bonds. The number of likely N-dealkylation sites (N-methyl/N-ethyl adjacent to an activating group) is 1. The average Bonchev–Trinajstić information content (AvgIpc) is 2.48. The predicted octanol–water partition coefficient (Wildman–Crippen LogP) is 0.921. The van der Waals surface area contributed by atoms with Crippen molar-refractivity contribution in [2.75, 3.05) is 27.2 Å². The van der Waals surface area contributed by atoms with Crippen LogP contribution in [0.3, 0.4) is 0 Å². The van der Waals surface area contributed by atoms with Crippen molar-refractivity contribution in [3.05, 3.63) is 29.6 Å². The van der Waals surface area contributed by atoms with Gasteiger partial charge in [-0.15, -0.1) is 0 Å². The highest BCUT2D eigenvalue weighted by molar-refractivity contribution is 5.88. The highest BCUT2D eigenvalue weighted by Gasteiger charge is 2.40. The van der Waals surface area contributed by atoms with E-state index in [0.29, 0.717) is 18.7 Å². The van der Waals surface area contributed by atoms with Crippen LogP contribution in [0.25, 0.3) is 0 Å². The lowest BCUT2D eigenvalue weighted by Crippen LogP contribution is -2.61. The molecule has 6 nitrogen and oxygen atoms in total. The molecule has 1 fully saturated rings. The maximum atomic E-state index is 12.2. The minimum Gasteiger partial charge on any atom is -0.465 e. The van der Waals surface area contributed by atoms with Crippen molar-refractivity contribution in [2.45, 2.75) is 25.9 Å². The average molecular weight is 291 g/mol. The molecule has 2 heterocycles. The highest BCUT2D eigenvalue weighted by atomic mass is 16.5. The van der Waals surface area contributed by atoms with E-state index >= 15 is 0 Å². The Morgan fingerprint density at radius 2 is 2.10 bits per heavy atom. The number of hydrogen-bond acceptors (Lipinski definition) is 5. The molecule has 0 aliphatic carbocycles. The number of rotatable bonds is 3. The molecule has 1 aromatic rings. The maximum Gasteiger partial charge on any atom is 0.339 e. The van der Waals surface area contributed by atoms with E-state index in [0.717, 1.165) is 12.2 Å². The van der Waals surface area contributed by atoms with Gasteiger partial charge in [-0.25, -0.2) is 4.79 Å². The lowest BCUT2D eigenvalue weighted by Gasteiger charge is -2.44.